The Morgan fingerprint density at radius 1 is 0.846 bits per heavy atom. The molecule has 2 rings (SSSR count). The van der Waals surface area contributed by atoms with Gasteiger partial charge in [0.05, 0.1) is 0 Å². The number of rotatable bonds is 1. The van der Waals surface area contributed by atoms with E-state index in [-0.39, 0.29) is 0 Å². The molecule has 0 unspecified atom stereocenters. The zero-order chi connectivity index (χ0) is 9.53. The Hall–Kier alpha value is 0. The molecule has 0 amide bonds. The predicted octanol–water partition coefficient (Wildman–Crippen LogP) is 4.39. The van der Waals surface area contributed by atoms with Crippen LogP contribution in [-0.4, -0.2) is 0 Å². The Labute approximate surface area is 83.1 Å². The summed E-state index contributed by atoms with van der Waals surface area (Å²) in [5, 5.41) is 0. The van der Waals surface area contributed by atoms with Gasteiger partial charge in [0.1, 0.15) is 0 Å². The van der Waals surface area contributed by atoms with Gasteiger partial charge < -0.3 is 0 Å². The minimum atomic E-state index is 0.668. The average Bonchev–Trinajstić information content (AvgIpc) is 2.03. The van der Waals surface area contributed by atoms with Crippen molar-refractivity contribution < 1.29 is 0 Å². The van der Waals surface area contributed by atoms with Crippen molar-refractivity contribution in [2.24, 2.45) is 16.7 Å². The lowest BCUT2D eigenvalue weighted by Gasteiger charge is -2.51. The van der Waals surface area contributed by atoms with E-state index in [1.54, 1.807) is 12.8 Å². The molecule has 0 atom stereocenters. The van der Waals surface area contributed by atoms with E-state index < -0.39 is 0 Å². The van der Waals surface area contributed by atoms with E-state index >= 15 is 0 Å². The molecule has 0 saturated heterocycles. The summed E-state index contributed by atoms with van der Waals surface area (Å²) in [7, 11) is 0. The highest BCUT2D eigenvalue weighted by atomic mass is 14.5. The highest BCUT2D eigenvalue weighted by Gasteiger charge is 2.44. The summed E-state index contributed by atoms with van der Waals surface area (Å²) in [6.07, 6.45) is 10.6. The van der Waals surface area contributed by atoms with Crippen LogP contribution in [-0.2, 0) is 0 Å². The lowest BCUT2D eigenvalue weighted by Crippen LogP contribution is -2.39. The van der Waals surface area contributed by atoms with Crippen LogP contribution in [0, 0.1) is 16.7 Å². The fourth-order valence-corrected chi connectivity index (χ4v) is 3.11. The van der Waals surface area contributed by atoms with Gasteiger partial charge in [0, 0.05) is 0 Å². The fraction of sp³-hybridized carbons (Fsp3) is 1.00. The van der Waals surface area contributed by atoms with Gasteiger partial charge in [0.15, 0.2) is 0 Å². The third-order valence-electron chi connectivity index (χ3n) is 5.26. The van der Waals surface area contributed by atoms with Crippen LogP contribution in [0.25, 0.3) is 0 Å². The van der Waals surface area contributed by atoms with Gasteiger partial charge in [-0.2, -0.15) is 0 Å². The van der Waals surface area contributed by atoms with E-state index in [9.17, 15) is 0 Å². The van der Waals surface area contributed by atoms with E-state index in [4.69, 9.17) is 0 Å². The molecule has 0 N–H and O–H groups in total. The van der Waals surface area contributed by atoms with Crippen molar-refractivity contribution in [3.8, 4) is 0 Å². The van der Waals surface area contributed by atoms with Gasteiger partial charge in [0.2, 0.25) is 0 Å². The van der Waals surface area contributed by atoms with Gasteiger partial charge in [-0.15, -0.1) is 0 Å². The summed E-state index contributed by atoms with van der Waals surface area (Å²) in [6, 6.07) is 0. The van der Waals surface area contributed by atoms with Crippen LogP contribution >= 0.6 is 0 Å². The molecule has 2 saturated carbocycles. The Morgan fingerprint density at radius 2 is 1.38 bits per heavy atom. The molecule has 0 nitrogen and oxygen atoms in total. The lowest BCUT2D eigenvalue weighted by molar-refractivity contribution is 0.00190. The third kappa shape index (κ3) is 1.53. The zero-order valence-electron chi connectivity index (χ0n) is 9.53. The maximum atomic E-state index is 2.50. The SMILES string of the molecule is CC(C)C1(C)CCC2(CCC2)CC1. The summed E-state index contributed by atoms with van der Waals surface area (Å²) in [5.41, 5.74) is 1.51. The summed E-state index contributed by atoms with van der Waals surface area (Å²) in [5.74, 6) is 0.880. The van der Waals surface area contributed by atoms with Gasteiger partial charge in [-0.05, 0) is 55.3 Å². The first kappa shape index (κ1) is 9.55. The molecule has 2 fully saturated rings. The summed E-state index contributed by atoms with van der Waals surface area (Å²) in [4.78, 5) is 0. The first-order valence-corrected chi connectivity index (χ1v) is 6.06. The fourth-order valence-electron chi connectivity index (χ4n) is 3.11. The molecule has 1 spiro atoms. The molecule has 0 bridgehead atoms. The Kier molecular flexibility index (Phi) is 2.20. The molecular formula is C13H24. The Morgan fingerprint density at radius 3 is 1.69 bits per heavy atom. The number of hydrogen-bond donors (Lipinski definition) is 0. The van der Waals surface area contributed by atoms with Gasteiger partial charge in [0.25, 0.3) is 0 Å². The molecule has 0 aliphatic heterocycles. The van der Waals surface area contributed by atoms with Crippen LogP contribution in [0.4, 0.5) is 0 Å². The van der Waals surface area contributed by atoms with Gasteiger partial charge in [-0.3, -0.25) is 0 Å². The smallest absolute Gasteiger partial charge is 0.0297 e. The molecule has 0 aromatic rings. The molecule has 0 aromatic heterocycles. The lowest BCUT2D eigenvalue weighted by atomic mass is 9.54. The van der Waals surface area contributed by atoms with Crippen LogP contribution in [0.2, 0.25) is 0 Å². The molecule has 0 aromatic carbocycles. The van der Waals surface area contributed by atoms with Crippen molar-refractivity contribution in [3.05, 3.63) is 0 Å². The minimum absolute atomic E-state index is 0.668. The first-order chi connectivity index (χ1) is 6.06. The monoisotopic (exact) mass is 180 g/mol. The second-order valence-corrected chi connectivity index (χ2v) is 6.16. The van der Waals surface area contributed by atoms with Crippen molar-refractivity contribution >= 4 is 0 Å². The molecule has 2 aliphatic rings. The van der Waals surface area contributed by atoms with E-state index in [1.165, 1.54) is 32.1 Å². The van der Waals surface area contributed by atoms with E-state index in [1.807, 2.05) is 0 Å². The van der Waals surface area contributed by atoms with Gasteiger partial charge >= 0.3 is 0 Å². The van der Waals surface area contributed by atoms with Crippen LogP contribution < -0.4 is 0 Å². The third-order valence-corrected chi connectivity index (χ3v) is 5.26. The molecule has 0 heterocycles. The molecule has 2 aliphatic carbocycles. The molecule has 0 heteroatoms. The van der Waals surface area contributed by atoms with E-state index in [2.05, 4.69) is 20.8 Å². The van der Waals surface area contributed by atoms with Crippen LogP contribution in [0.1, 0.15) is 65.7 Å². The van der Waals surface area contributed by atoms with Crippen LogP contribution in [0.5, 0.6) is 0 Å². The van der Waals surface area contributed by atoms with Crippen molar-refractivity contribution in [1.82, 2.24) is 0 Å². The van der Waals surface area contributed by atoms with Gasteiger partial charge in [-0.25, -0.2) is 0 Å². The Bertz CT molecular complexity index is 176. The van der Waals surface area contributed by atoms with Crippen molar-refractivity contribution in [2.45, 2.75) is 65.7 Å². The van der Waals surface area contributed by atoms with Crippen molar-refractivity contribution in [2.75, 3.05) is 0 Å². The predicted molar refractivity (Wildman–Crippen MR) is 57.7 cm³/mol. The van der Waals surface area contributed by atoms with Crippen LogP contribution in [0.15, 0.2) is 0 Å². The maximum Gasteiger partial charge on any atom is -0.0297 e. The second kappa shape index (κ2) is 3.00. The topological polar surface area (TPSA) is 0 Å². The largest absolute Gasteiger partial charge is 0.0623 e. The highest BCUT2D eigenvalue weighted by molar-refractivity contribution is 4.96. The summed E-state index contributed by atoms with van der Waals surface area (Å²) in [6.45, 7) is 7.31. The zero-order valence-corrected chi connectivity index (χ0v) is 9.53. The standard InChI is InChI=1S/C13H24/c1-11(2)12(3)7-9-13(10-8-12)5-4-6-13/h11H,4-10H2,1-3H3. The average molecular weight is 180 g/mol. The highest BCUT2D eigenvalue weighted by Crippen LogP contribution is 2.57. The maximum absolute atomic E-state index is 2.50. The van der Waals surface area contributed by atoms with Gasteiger partial charge in [-0.1, -0.05) is 27.2 Å². The molecular weight excluding hydrogens is 156 g/mol. The van der Waals surface area contributed by atoms with E-state index in [0.717, 1.165) is 11.3 Å². The summed E-state index contributed by atoms with van der Waals surface area (Å²) >= 11 is 0. The van der Waals surface area contributed by atoms with Crippen LogP contribution in [0.3, 0.4) is 0 Å². The van der Waals surface area contributed by atoms with E-state index in [0.29, 0.717) is 5.41 Å². The first-order valence-electron chi connectivity index (χ1n) is 6.06. The Balaban J connectivity index is 1.95. The molecule has 76 valence electrons. The van der Waals surface area contributed by atoms with Crippen molar-refractivity contribution in [1.29, 1.82) is 0 Å². The summed E-state index contributed by atoms with van der Waals surface area (Å²) < 4.78 is 0. The molecule has 0 radical (unpaired) electrons. The second-order valence-electron chi connectivity index (χ2n) is 6.16. The minimum Gasteiger partial charge on any atom is -0.0623 e. The molecule has 13 heavy (non-hydrogen) atoms. The van der Waals surface area contributed by atoms with Crippen molar-refractivity contribution in [3.63, 3.8) is 0 Å². The quantitative estimate of drug-likeness (QED) is 0.561. The number of hydrogen-bond acceptors (Lipinski definition) is 0. The normalized spacial score (nSPS) is 30.5.